The van der Waals surface area contributed by atoms with Crippen molar-refractivity contribution >= 4 is 75.9 Å². The van der Waals surface area contributed by atoms with Crippen molar-refractivity contribution in [3.8, 4) is 11.4 Å². The van der Waals surface area contributed by atoms with Gasteiger partial charge in [0, 0.05) is 74.2 Å². The summed E-state index contributed by atoms with van der Waals surface area (Å²) in [6.07, 6.45) is 5.12. The molecule has 5 atom stereocenters. The molecule has 0 spiro atoms. The molecule has 10 amide bonds. The summed E-state index contributed by atoms with van der Waals surface area (Å²) in [4.78, 5) is 165. The molecule has 9 N–H and O–H groups in total. The number of aromatic nitrogens is 2. The molecule has 9 rings (SSSR count). The van der Waals surface area contributed by atoms with Crippen LogP contribution in [0.15, 0.2) is 59.4 Å². The Labute approximate surface area is 653 Å². The minimum absolute atomic E-state index is 0.000283. The van der Waals surface area contributed by atoms with Crippen molar-refractivity contribution in [3.63, 3.8) is 0 Å². The minimum Gasteiger partial charge on any atom is -0.458 e. The van der Waals surface area contributed by atoms with E-state index in [1.165, 1.54) is 22.8 Å². The molecule has 0 radical (unpaired) electrons. The van der Waals surface area contributed by atoms with E-state index in [4.69, 9.17) is 52.4 Å². The number of hydrogen-bond donors (Lipinski definition) is 9. The van der Waals surface area contributed by atoms with Crippen LogP contribution in [0, 0.1) is 11.7 Å². The fourth-order valence-corrected chi connectivity index (χ4v) is 13.5. The minimum atomic E-state index is -2.08. The molecule has 5 heterocycles. The predicted molar refractivity (Wildman–Crippen MR) is 401 cm³/mol. The van der Waals surface area contributed by atoms with Gasteiger partial charge in [-0.05, 0) is 98.9 Å². The average Bonchev–Trinajstić information content (AvgIpc) is 1.54. The van der Waals surface area contributed by atoms with Crippen LogP contribution in [0.25, 0.3) is 22.3 Å². The second-order valence-electron chi connectivity index (χ2n) is 27.7. The molecule has 0 saturated heterocycles. The van der Waals surface area contributed by atoms with Gasteiger partial charge in [-0.2, -0.15) is 0 Å². The Morgan fingerprint density at radius 1 is 0.628 bits per heavy atom. The highest BCUT2D eigenvalue weighted by Gasteiger charge is 2.46. The number of nitrogens with zero attached hydrogens (tertiary/aromatic N) is 3. The van der Waals surface area contributed by atoms with Gasteiger partial charge in [0.1, 0.15) is 37.3 Å². The maximum Gasteiger partial charge on any atom is 0.343 e. The largest absolute Gasteiger partial charge is 0.458 e. The third-order valence-electron chi connectivity index (χ3n) is 19.6. The zero-order valence-electron chi connectivity index (χ0n) is 64.2. The van der Waals surface area contributed by atoms with E-state index in [9.17, 15) is 62.6 Å². The Hall–Kier alpha value is -9.56. The Bertz CT molecular complexity index is 4070. The standard InChI is InChI=1S/C78H104FN11O23/c1-4-78(103)56-41-61-71-54(46-90(61)76(101)55(56)47-112-77(78)102)69(70-53-15-11-14-52(53)57(79)42-59(70)88-71)49(2)85-75(100)72(51-17-18-51)113-48-84-65(94)44-83-74(99)60(40-50-12-7-5-8-13-50)87-66(95)45-82-64(93)43-81-62(91)20-19-58(86-63(92)16-9-6-10-24-89-67(96)21-22-68(89)97)73(98)80-23-25-105-28-29-107-32-33-109-36-37-111-39-38-110-35-34-108-31-30-106-27-26-104-3/h5,7-8,12-13,21-22,41-42,49,51,58,60,72,103H,4,6,9-11,14-20,23-40,43-48H2,1-3H3,(H,80,98)(H,81,91)(H,82,93)(H,83,99)(H,84,94)(H,85,100)(H,86,92)(H,87,95)/t49-,58-,60-,72-,78-/m0/s1. The number of carbonyl (C=O) groups excluding carboxylic acids is 11. The summed E-state index contributed by atoms with van der Waals surface area (Å²) in [6, 6.07) is 8.41. The van der Waals surface area contributed by atoms with Crippen LogP contribution < -0.4 is 48.1 Å². The van der Waals surface area contributed by atoms with Crippen molar-refractivity contribution in [2.45, 2.75) is 140 Å². The number of esters is 1. The number of aryl methyl sites for hydroxylation is 1. The van der Waals surface area contributed by atoms with Crippen LogP contribution in [0.5, 0.6) is 0 Å². The molecule has 113 heavy (non-hydrogen) atoms. The summed E-state index contributed by atoms with van der Waals surface area (Å²) >= 11 is 0. The fraction of sp³-hybridized carbons (Fsp3) is 0.577. The first-order chi connectivity index (χ1) is 54.7. The molecule has 3 aliphatic heterocycles. The van der Waals surface area contributed by atoms with Gasteiger partial charge in [0.15, 0.2) is 5.60 Å². The predicted octanol–water partition coefficient (Wildman–Crippen LogP) is 0.459. The molecule has 2 aromatic carbocycles. The smallest absolute Gasteiger partial charge is 0.343 e. The molecule has 35 heteroatoms. The van der Waals surface area contributed by atoms with E-state index < -0.39 is 133 Å². The van der Waals surface area contributed by atoms with Crippen LogP contribution in [0.2, 0.25) is 0 Å². The number of ether oxygens (including phenoxy) is 10. The number of carbonyl (C=O) groups is 11. The van der Waals surface area contributed by atoms with Gasteiger partial charge in [0.25, 0.3) is 17.4 Å². The second-order valence-corrected chi connectivity index (χ2v) is 27.7. The number of cyclic esters (lactones) is 1. The van der Waals surface area contributed by atoms with E-state index in [1.54, 1.807) is 57.4 Å². The third kappa shape index (κ3) is 25.7. The van der Waals surface area contributed by atoms with Crippen molar-refractivity contribution < 1.29 is 110 Å². The second kappa shape index (κ2) is 44.8. The lowest BCUT2D eigenvalue weighted by Crippen LogP contribution is -2.52. The first-order valence-corrected chi connectivity index (χ1v) is 38.5. The van der Waals surface area contributed by atoms with Crippen LogP contribution in [0.1, 0.15) is 123 Å². The summed E-state index contributed by atoms with van der Waals surface area (Å²) in [5, 5.41) is 33.2. The van der Waals surface area contributed by atoms with Crippen molar-refractivity contribution in [1.29, 1.82) is 0 Å². The van der Waals surface area contributed by atoms with E-state index >= 15 is 4.39 Å². The zero-order valence-corrected chi connectivity index (χ0v) is 64.2. The SMILES string of the molecule is CC[C@@]1(O)C(=O)OCc2c1cc1n(c2=O)Cc2c-1nc1cc(F)c3c(c1c2[C@H](C)NC(=O)[C@@H](OCNC(=O)CNC(=O)[C@H](Cc1ccccc1)NC(=O)CNC(=O)CNC(=O)CC[C@H](NC(=O)CCCCCN1C(=O)C=CC1=O)C(=O)NCCOCCOCCOCCOCCOCCOCCOCCOC)C1CC1)CCC3. The van der Waals surface area contributed by atoms with E-state index in [0.29, 0.717) is 175 Å². The zero-order chi connectivity index (χ0) is 80.7. The summed E-state index contributed by atoms with van der Waals surface area (Å²) in [6.45, 7) is 6.79. The lowest BCUT2D eigenvalue weighted by Gasteiger charge is -2.31. The average molecular weight is 1580 g/mol. The molecule has 1 saturated carbocycles. The number of nitrogens with one attached hydrogen (secondary N) is 8. The summed E-state index contributed by atoms with van der Waals surface area (Å²) in [7, 11) is 1.61. The third-order valence-corrected chi connectivity index (χ3v) is 19.6. The molecule has 5 aliphatic rings. The Balaban J connectivity index is 0.686. The van der Waals surface area contributed by atoms with Gasteiger partial charge in [-0.15, -0.1) is 0 Å². The molecular formula is C78H104FN11O23. The molecular weight excluding hydrogens is 1480 g/mol. The number of pyridine rings is 2. The molecule has 1 fully saturated rings. The molecule has 2 aliphatic carbocycles. The molecule has 34 nitrogen and oxygen atoms in total. The highest BCUT2D eigenvalue weighted by atomic mass is 19.1. The highest BCUT2D eigenvalue weighted by molar-refractivity contribution is 6.13. The number of benzene rings is 2. The summed E-state index contributed by atoms with van der Waals surface area (Å²) < 4.78 is 71.9. The van der Waals surface area contributed by atoms with Crippen molar-refractivity contribution in [2.75, 3.05) is 146 Å². The van der Waals surface area contributed by atoms with Gasteiger partial charge in [0.05, 0.1) is 154 Å². The van der Waals surface area contributed by atoms with Crippen LogP contribution in [0.3, 0.4) is 0 Å². The van der Waals surface area contributed by atoms with Crippen LogP contribution in [0.4, 0.5) is 4.39 Å². The van der Waals surface area contributed by atoms with Gasteiger partial charge in [-0.25, -0.2) is 14.2 Å². The summed E-state index contributed by atoms with van der Waals surface area (Å²) in [5.74, 6) is -7.60. The maximum atomic E-state index is 15.8. The first kappa shape index (κ1) is 87.4. The number of fused-ring (bicyclic) bond motifs is 7. The number of halogens is 1. The number of unbranched alkanes of at least 4 members (excludes halogenated alkanes) is 2. The van der Waals surface area contributed by atoms with Gasteiger partial charge in [-0.3, -0.25) is 57.6 Å². The normalized spacial score (nSPS) is 16.3. The van der Waals surface area contributed by atoms with Crippen molar-refractivity contribution in [1.82, 2.24) is 57.0 Å². The van der Waals surface area contributed by atoms with Gasteiger partial charge in [0.2, 0.25) is 47.3 Å². The van der Waals surface area contributed by atoms with Crippen molar-refractivity contribution in [2.24, 2.45) is 5.92 Å². The number of hydrogen-bond acceptors (Lipinski definition) is 24. The van der Waals surface area contributed by atoms with Crippen LogP contribution in [-0.4, -0.2) is 248 Å². The molecule has 4 aromatic rings. The monoisotopic (exact) mass is 1580 g/mol. The number of amides is 10. The van der Waals surface area contributed by atoms with Crippen LogP contribution >= 0.6 is 0 Å². The fourth-order valence-electron chi connectivity index (χ4n) is 13.5. The van der Waals surface area contributed by atoms with Crippen molar-refractivity contribution in [3.05, 3.63) is 110 Å². The number of methoxy groups -OCH3 is 1. The first-order valence-electron chi connectivity index (χ1n) is 38.5. The van der Waals surface area contributed by atoms with Gasteiger partial charge < -0.3 is 99.6 Å². The van der Waals surface area contributed by atoms with E-state index in [2.05, 4.69) is 42.5 Å². The topological polar surface area (TPSA) is 435 Å². The lowest BCUT2D eigenvalue weighted by atomic mass is 9.86. The number of rotatable bonds is 53. The molecule has 2 aromatic heterocycles. The number of aliphatic hydroxyl groups is 1. The van der Waals surface area contributed by atoms with Crippen LogP contribution in [-0.2, 0) is 138 Å². The van der Waals surface area contributed by atoms with E-state index in [1.807, 2.05) is 0 Å². The molecule has 0 bridgehead atoms. The Morgan fingerprint density at radius 3 is 1.85 bits per heavy atom. The van der Waals surface area contributed by atoms with Gasteiger partial charge in [-0.1, -0.05) is 43.7 Å². The van der Waals surface area contributed by atoms with Gasteiger partial charge >= 0.3 is 5.97 Å². The molecule has 0 unspecified atom stereocenters. The Kier molecular flexibility index (Phi) is 34.6. The highest BCUT2D eigenvalue weighted by Crippen LogP contribution is 2.45. The number of imide groups is 1. The maximum absolute atomic E-state index is 15.8. The lowest BCUT2D eigenvalue weighted by molar-refractivity contribution is -0.172. The van der Waals surface area contributed by atoms with E-state index in [0.717, 1.165) is 10.5 Å². The quantitative estimate of drug-likeness (QED) is 0.0110. The van der Waals surface area contributed by atoms with E-state index in [-0.39, 0.29) is 95.2 Å². The Morgan fingerprint density at radius 2 is 1.21 bits per heavy atom. The molecule has 616 valence electrons. The summed E-state index contributed by atoms with van der Waals surface area (Å²) in [5.41, 5.74) is 1.81.